The van der Waals surface area contributed by atoms with E-state index in [1.807, 2.05) is 0 Å². The Balaban J connectivity index is 3.00. The van der Waals surface area contributed by atoms with Crippen molar-refractivity contribution < 1.29 is 22.3 Å². The Bertz CT molecular complexity index is 394. The first-order chi connectivity index (χ1) is 8.30. The van der Waals surface area contributed by atoms with Gasteiger partial charge in [-0.05, 0) is 24.1 Å². The normalized spacial score (nSPS) is 15.2. The maximum atomic E-state index is 14.4. The van der Waals surface area contributed by atoms with Crippen molar-refractivity contribution in [1.29, 1.82) is 0 Å². The molecule has 102 valence electrons. The summed E-state index contributed by atoms with van der Waals surface area (Å²) in [6.07, 6.45) is -4.10. The molecule has 0 heterocycles. The van der Waals surface area contributed by atoms with Gasteiger partial charge in [-0.3, -0.25) is 0 Å². The predicted octanol–water partition coefficient (Wildman–Crippen LogP) is 3.51. The second kappa shape index (κ2) is 5.56. The molecule has 2 nitrogen and oxygen atoms in total. The van der Waals surface area contributed by atoms with Gasteiger partial charge >= 0.3 is 6.36 Å². The standard InChI is InChI=1S/C12H15F4NO/c1-2-6-11(13,8-17)9-4-3-5-10(7-9)18-12(14,15)16/h3-5,7H,2,6,8,17H2,1H3. The van der Waals surface area contributed by atoms with Gasteiger partial charge in [-0.25, -0.2) is 4.39 Å². The third-order valence-corrected chi connectivity index (χ3v) is 2.55. The molecule has 1 aromatic carbocycles. The van der Waals surface area contributed by atoms with Gasteiger partial charge in [-0.2, -0.15) is 0 Å². The molecule has 6 heteroatoms. The highest BCUT2D eigenvalue weighted by Crippen LogP contribution is 2.33. The van der Waals surface area contributed by atoms with Crippen molar-refractivity contribution in [1.82, 2.24) is 0 Å². The van der Waals surface area contributed by atoms with Crippen LogP contribution < -0.4 is 10.5 Å². The van der Waals surface area contributed by atoms with Crippen molar-refractivity contribution >= 4 is 0 Å². The van der Waals surface area contributed by atoms with Gasteiger partial charge in [0.15, 0.2) is 0 Å². The van der Waals surface area contributed by atoms with Crippen molar-refractivity contribution in [2.75, 3.05) is 6.54 Å². The lowest BCUT2D eigenvalue weighted by atomic mass is 9.91. The highest BCUT2D eigenvalue weighted by Gasteiger charge is 2.33. The summed E-state index contributed by atoms with van der Waals surface area (Å²) in [7, 11) is 0. The van der Waals surface area contributed by atoms with E-state index in [0.29, 0.717) is 6.42 Å². The minimum Gasteiger partial charge on any atom is -0.406 e. The fourth-order valence-electron chi connectivity index (χ4n) is 1.73. The summed E-state index contributed by atoms with van der Waals surface area (Å²) in [5, 5.41) is 0. The van der Waals surface area contributed by atoms with E-state index in [0.717, 1.165) is 12.1 Å². The van der Waals surface area contributed by atoms with E-state index >= 15 is 0 Å². The molecule has 0 aliphatic heterocycles. The molecule has 1 atom stereocenters. The Hall–Kier alpha value is -1.30. The molecule has 0 aliphatic carbocycles. The van der Waals surface area contributed by atoms with Crippen LogP contribution in [-0.4, -0.2) is 12.9 Å². The second-order valence-electron chi connectivity index (χ2n) is 4.00. The Morgan fingerprint density at radius 1 is 1.22 bits per heavy atom. The Labute approximate surface area is 103 Å². The van der Waals surface area contributed by atoms with Gasteiger partial charge in [0, 0.05) is 6.54 Å². The first-order valence-corrected chi connectivity index (χ1v) is 5.56. The highest BCUT2D eigenvalue weighted by atomic mass is 19.4. The number of rotatable bonds is 5. The summed E-state index contributed by atoms with van der Waals surface area (Å²) in [5.41, 5.74) is 3.65. The highest BCUT2D eigenvalue weighted by molar-refractivity contribution is 5.32. The lowest BCUT2D eigenvalue weighted by molar-refractivity contribution is -0.274. The predicted molar refractivity (Wildman–Crippen MR) is 59.9 cm³/mol. The third-order valence-electron chi connectivity index (χ3n) is 2.55. The second-order valence-corrected chi connectivity index (χ2v) is 4.00. The summed E-state index contributed by atoms with van der Waals surface area (Å²) in [4.78, 5) is 0. The molecule has 18 heavy (non-hydrogen) atoms. The van der Waals surface area contributed by atoms with Crippen molar-refractivity contribution in [2.24, 2.45) is 5.73 Å². The topological polar surface area (TPSA) is 35.2 Å². The summed E-state index contributed by atoms with van der Waals surface area (Å²) in [5.74, 6) is -0.438. The smallest absolute Gasteiger partial charge is 0.406 e. The first kappa shape index (κ1) is 14.8. The van der Waals surface area contributed by atoms with E-state index in [4.69, 9.17) is 5.73 Å². The molecule has 0 radical (unpaired) electrons. The molecular weight excluding hydrogens is 250 g/mol. The number of halogens is 4. The minimum absolute atomic E-state index is 0.105. The average Bonchev–Trinajstić information content (AvgIpc) is 2.27. The number of nitrogens with two attached hydrogens (primary N) is 1. The fraction of sp³-hybridized carbons (Fsp3) is 0.500. The van der Waals surface area contributed by atoms with Crippen LogP contribution in [0, 0.1) is 0 Å². The van der Waals surface area contributed by atoms with Crippen molar-refractivity contribution in [3.05, 3.63) is 29.8 Å². The lowest BCUT2D eigenvalue weighted by Gasteiger charge is -2.24. The number of hydrogen-bond donors (Lipinski definition) is 1. The molecule has 0 bridgehead atoms. The Morgan fingerprint density at radius 2 is 1.89 bits per heavy atom. The number of ether oxygens (including phenoxy) is 1. The molecule has 0 aliphatic rings. The zero-order valence-electron chi connectivity index (χ0n) is 9.93. The SMILES string of the molecule is CCCC(F)(CN)c1cccc(OC(F)(F)F)c1. The lowest BCUT2D eigenvalue weighted by Crippen LogP contribution is -2.30. The molecule has 0 saturated carbocycles. The molecular formula is C12H15F4NO. The van der Waals surface area contributed by atoms with Crippen LogP contribution in [0.5, 0.6) is 5.75 Å². The zero-order valence-corrected chi connectivity index (χ0v) is 9.93. The zero-order chi connectivity index (χ0) is 13.8. The molecule has 0 fully saturated rings. The molecule has 0 aromatic heterocycles. The van der Waals surface area contributed by atoms with Crippen LogP contribution >= 0.6 is 0 Å². The van der Waals surface area contributed by atoms with E-state index in [-0.39, 0.29) is 18.5 Å². The van der Waals surface area contributed by atoms with Crippen LogP contribution in [0.25, 0.3) is 0 Å². The van der Waals surface area contributed by atoms with Crippen LogP contribution in [0.1, 0.15) is 25.3 Å². The maximum Gasteiger partial charge on any atom is 0.573 e. The summed E-state index contributed by atoms with van der Waals surface area (Å²) < 4.78 is 54.3. The fourth-order valence-corrected chi connectivity index (χ4v) is 1.73. The van der Waals surface area contributed by atoms with Crippen LogP contribution in [0.3, 0.4) is 0 Å². The number of alkyl halides is 4. The van der Waals surface area contributed by atoms with Gasteiger partial charge in [0.1, 0.15) is 11.4 Å². The van der Waals surface area contributed by atoms with Gasteiger partial charge in [0.2, 0.25) is 0 Å². The molecule has 0 amide bonds. The van der Waals surface area contributed by atoms with E-state index in [1.54, 1.807) is 6.92 Å². The molecule has 0 spiro atoms. The molecule has 1 unspecified atom stereocenters. The van der Waals surface area contributed by atoms with Crippen molar-refractivity contribution in [3.63, 3.8) is 0 Å². The largest absolute Gasteiger partial charge is 0.573 e. The first-order valence-electron chi connectivity index (χ1n) is 5.56. The summed E-state index contributed by atoms with van der Waals surface area (Å²) in [6.45, 7) is 1.50. The van der Waals surface area contributed by atoms with Crippen LogP contribution in [0.15, 0.2) is 24.3 Å². The molecule has 2 N–H and O–H groups in total. The minimum atomic E-state index is -4.79. The third kappa shape index (κ3) is 3.87. The van der Waals surface area contributed by atoms with E-state index in [1.165, 1.54) is 12.1 Å². The quantitative estimate of drug-likeness (QED) is 0.827. The van der Waals surface area contributed by atoms with Crippen molar-refractivity contribution in [3.8, 4) is 5.75 Å². The maximum absolute atomic E-state index is 14.4. The van der Waals surface area contributed by atoms with Gasteiger partial charge in [0.25, 0.3) is 0 Å². The van der Waals surface area contributed by atoms with Crippen LogP contribution in [0.4, 0.5) is 17.6 Å². The monoisotopic (exact) mass is 265 g/mol. The van der Waals surface area contributed by atoms with E-state index in [2.05, 4.69) is 4.74 Å². The van der Waals surface area contributed by atoms with Gasteiger partial charge in [-0.15, -0.1) is 13.2 Å². The molecule has 1 aromatic rings. The van der Waals surface area contributed by atoms with Gasteiger partial charge in [0.05, 0.1) is 0 Å². The van der Waals surface area contributed by atoms with E-state index < -0.39 is 17.8 Å². The summed E-state index contributed by atoms with van der Waals surface area (Å²) >= 11 is 0. The Morgan fingerprint density at radius 3 is 2.39 bits per heavy atom. The van der Waals surface area contributed by atoms with E-state index in [9.17, 15) is 17.6 Å². The molecule has 0 saturated heterocycles. The average molecular weight is 265 g/mol. The van der Waals surface area contributed by atoms with Crippen LogP contribution in [0.2, 0.25) is 0 Å². The molecule has 1 rings (SSSR count). The van der Waals surface area contributed by atoms with Gasteiger partial charge in [-0.1, -0.05) is 25.5 Å². The Kier molecular flexibility index (Phi) is 4.56. The van der Waals surface area contributed by atoms with Crippen molar-refractivity contribution in [2.45, 2.75) is 31.8 Å². The van der Waals surface area contributed by atoms with Crippen LogP contribution in [-0.2, 0) is 5.67 Å². The number of benzene rings is 1. The summed E-state index contributed by atoms with van der Waals surface area (Å²) in [6, 6.07) is 4.89. The van der Waals surface area contributed by atoms with Gasteiger partial charge < -0.3 is 10.5 Å². The number of hydrogen-bond acceptors (Lipinski definition) is 2.